The van der Waals surface area contributed by atoms with Crippen molar-refractivity contribution in [2.75, 3.05) is 13.1 Å². The zero-order valence-electron chi connectivity index (χ0n) is 14.9. The van der Waals surface area contributed by atoms with Crippen LogP contribution in [0.1, 0.15) is 22.6 Å². The minimum atomic E-state index is -1.72. The number of aromatic nitrogens is 2. The third-order valence-electron chi connectivity index (χ3n) is 5.76. The number of phenols is 1. The molecule has 1 saturated carbocycles. The molecule has 0 bridgehead atoms. The lowest BCUT2D eigenvalue weighted by Gasteiger charge is -2.19. The van der Waals surface area contributed by atoms with Crippen molar-refractivity contribution in [3.8, 4) is 17.2 Å². The Morgan fingerprint density at radius 2 is 1.97 bits per heavy atom. The highest BCUT2D eigenvalue weighted by atomic mass is 19.2. The molecule has 3 aromatic rings. The van der Waals surface area contributed by atoms with Gasteiger partial charge in [0.2, 0.25) is 5.82 Å². The van der Waals surface area contributed by atoms with Crippen molar-refractivity contribution in [3.63, 3.8) is 0 Å². The molecule has 2 fully saturated rings. The van der Waals surface area contributed by atoms with Crippen LogP contribution in [0.3, 0.4) is 0 Å². The molecule has 2 unspecified atom stereocenters. The number of halogens is 3. The fourth-order valence-electron chi connectivity index (χ4n) is 4.16. The van der Waals surface area contributed by atoms with Gasteiger partial charge in [-0.15, -0.1) is 0 Å². The molecule has 1 aliphatic carbocycles. The van der Waals surface area contributed by atoms with Crippen LogP contribution in [0, 0.1) is 23.4 Å². The number of aromatic hydroxyl groups is 1. The molecule has 1 saturated heterocycles. The number of benzene rings is 2. The average Bonchev–Trinajstić information content (AvgIpc) is 3.09. The predicted molar refractivity (Wildman–Crippen MR) is 93.4 cm³/mol. The Morgan fingerprint density at radius 3 is 2.72 bits per heavy atom. The molecule has 1 aliphatic heterocycles. The number of hydrogen-bond donors (Lipinski definition) is 1. The molecule has 0 radical (unpaired) electrons. The summed E-state index contributed by atoms with van der Waals surface area (Å²) in [6, 6.07) is 10.4. The molecular formula is C20H14F3N3O3. The predicted octanol–water partition coefficient (Wildman–Crippen LogP) is 3.27. The molecule has 2 atom stereocenters. The molecule has 1 aromatic heterocycles. The van der Waals surface area contributed by atoms with Crippen LogP contribution in [0.4, 0.5) is 13.2 Å². The van der Waals surface area contributed by atoms with Crippen molar-refractivity contribution >= 4 is 5.91 Å². The van der Waals surface area contributed by atoms with E-state index < -0.39 is 40.6 Å². The van der Waals surface area contributed by atoms with Crippen LogP contribution < -0.4 is 0 Å². The van der Waals surface area contributed by atoms with E-state index in [1.54, 1.807) is 4.90 Å². The second kappa shape index (κ2) is 6.07. The smallest absolute Gasteiger partial charge is 0.295 e. The maximum Gasteiger partial charge on any atom is 0.295 e. The summed E-state index contributed by atoms with van der Waals surface area (Å²) in [6.45, 7) is 1.04. The van der Waals surface area contributed by atoms with Gasteiger partial charge in [-0.05, 0) is 24.0 Å². The maximum absolute atomic E-state index is 14.1. The SMILES string of the molecule is O=C(c1noc(-c2cc(F)c(F)c(O)c2F)n1)N1CC2CC2(c2ccccc2)C1. The molecule has 0 spiro atoms. The highest BCUT2D eigenvalue weighted by Crippen LogP contribution is 2.59. The maximum atomic E-state index is 14.1. The van der Waals surface area contributed by atoms with Gasteiger partial charge in [0.05, 0.1) is 5.56 Å². The number of amides is 1. The fourth-order valence-corrected chi connectivity index (χ4v) is 4.16. The van der Waals surface area contributed by atoms with Crippen LogP contribution in [-0.4, -0.2) is 39.1 Å². The van der Waals surface area contributed by atoms with E-state index in [1.165, 1.54) is 5.56 Å². The zero-order valence-corrected chi connectivity index (χ0v) is 14.9. The standard InChI is InChI=1S/C20H14F3N3O3/c21-13-6-12(14(22)16(27)15(13)23)18-24-17(25-29-18)19(28)26-8-11-7-20(11,9-26)10-4-2-1-3-5-10/h1-6,11,27H,7-9H2. The summed E-state index contributed by atoms with van der Waals surface area (Å²) in [5.74, 6) is -7.11. The molecule has 9 heteroatoms. The van der Waals surface area contributed by atoms with Gasteiger partial charge in [0.1, 0.15) is 0 Å². The summed E-state index contributed by atoms with van der Waals surface area (Å²) in [6.07, 6.45) is 0.998. The highest BCUT2D eigenvalue weighted by molar-refractivity contribution is 5.91. The van der Waals surface area contributed by atoms with Crippen molar-refractivity contribution < 1.29 is 27.6 Å². The summed E-state index contributed by atoms with van der Waals surface area (Å²) in [5, 5.41) is 12.9. The molecule has 148 valence electrons. The first kappa shape index (κ1) is 17.7. The summed E-state index contributed by atoms with van der Waals surface area (Å²) < 4.78 is 45.7. The van der Waals surface area contributed by atoms with E-state index in [1.807, 2.05) is 30.3 Å². The third-order valence-corrected chi connectivity index (χ3v) is 5.76. The lowest BCUT2D eigenvalue weighted by Crippen LogP contribution is -2.33. The van der Waals surface area contributed by atoms with E-state index in [2.05, 4.69) is 10.1 Å². The van der Waals surface area contributed by atoms with Crippen LogP contribution >= 0.6 is 0 Å². The van der Waals surface area contributed by atoms with E-state index in [-0.39, 0.29) is 11.2 Å². The van der Waals surface area contributed by atoms with Crippen LogP contribution in [0.25, 0.3) is 11.5 Å². The Kier molecular flexibility index (Phi) is 3.71. The lowest BCUT2D eigenvalue weighted by atomic mass is 9.95. The third kappa shape index (κ3) is 2.60. The number of piperidine rings is 1. The van der Waals surface area contributed by atoms with E-state index in [0.29, 0.717) is 25.1 Å². The number of phenolic OH excluding ortho intramolecular Hbond substituents is 1. The normalized spacial score (nSPS) is 22.6. The molecule has 2 aliphatic rings. The number of rotatable bonds is 3. The zero-order chi connectivity index (χ0) is 20.3. The van der Waals surface area contributed by atoms with Crippen molar-refractivity contribution in [2.24, 2.45) is 5.92 Å². The summed E-state index contributed by atoms with van der Waals surface area (Å²) in [7, 11) is 0. The number of hydrogen-bond acceptors (Lipinski definition) is 5. The first-order chi connectivity index (χ1) is 13.9. The molecule has 1 N–H and O–H groups in total. The van der Waals surface area contributed by atoms with Gasteiger partial charge >= 0.3 is 0 Å². The largest absolute Gasteiger partial charge is 0.503 e. The highest BCUT2D eigenvalue weighted by Gasteiger charge is 2.61. The number of likely N-dealkylation sites (tertiary alicyclic amines) is 1. The Labute approximate surface area is 162 Å². The van der Waals surface area contributed by atoms with Gasteiger partial charge in [0.15, 0.2) is 17.4 Å². The Hall–Kier alpha value is -3.36. The Bertz CT molecular complexity index is 1130. The van der Waals surface area contributed by atoms with Gasteiger partial charge in [-0.3, -0.25) is 4.79 Å². The summed E-state index contributed by atoms with van der Waals surface area (Å²) >= 11 is 0. The molecule has 29 heavy (non-hydrogen) atoms. The number of fused-ring (bicyclic) bond motifs is 1. The van der Waals surface area contributed by atoms with E-state index in [9.17, 15) is 23.1 Å². The molecule has 2 heterocycles. The summed E-state index contributed by atoms with van der Waals surface area (Å²) in [5.41, 5.74) is 0.480. The van der Waals surface area contributed by atoms with Crippen molar-refractivity contribution in [3.05, 3.63) is 65.2 Å². The van der Waals surface area contributed by atoms with Gasteiger partial charge in [-0.1, -0.05) is 35.5 Å². The molecule has 6 nitrogen and oxygen atoms in total. The molecule has 5 rings (SSSR count). The minimum absolute atomic E-state index is 0.0680. The first-order valence-electron chi connectivity index (χ1n) is 8.96. The topological polar surface area (TPSA) is 79.5 Å². The van der Waals surface area contributed by atoms with E-state index >= 15 is 0 Å². The second-order valence-electron chi connectivity index (χ2n) is 7.41. The van der Waals surface area contributed by atoms with Crippen molar-refractivity contribution in [1.29, 1.82) is 0 Å². The lowest BCUT2D eigenvalue weighted by molar-refractivity contribution is 0.0757. The van der Waals surface area contributed by atoms with Crippen LogP contribution in [0.15, 0.2) is 40.9 Å². The monoisotopic (exact) mass is 401 g/mol. The van der Waals surface area contributed by atoms with Crippen LogP contribution in [-0.2, 0) is 5.41 Å². The number of nitrogens with zero attached hydrogens (tertiary/aromatic N) is 3. The Morgan fingerprint density at radius 1 is 1.21 bits per heavy atom. The van der Waals surface area contributed by atoms with Crippen molar-refractivity contribution in [2.45, 2.75) is 11.8 Å². The van der Waals surface area contributed by atoms with Gasteiger partial charge in [-0.25, -0.2) is 8.78 Å². The van der Waals surface area contributed by atoms with Gasteiger partial charge < -0.3 is 14.5 Å². The van der Waals surface area contributed by atoms with Crippen LogP contribution in [0.5, 0.6) is 5.75 Å². The quantitative estimate of drug-likeness (QED) is 0.682. The van der Waals surface area contributed by atoms with E-state index in [4.69, 9.17) is 4.52 Å². The number of carbonyl (C=O) groups is 1. The van der Waals surface area contributed by atoms with Gasteiger partial charge in [0.25, 0.3) is 17.6 Å². The second-order valence-corrected chi connectivity index (χ2v) is 7.41. The van der Waals surface area contributed by atoms with Gasteiger partial charge in [-0.2, -0.15) is 9.37 Å². The average molecular weight is 401 g/mol. The Balaban J connectivity index is 1.39. The molecular weight excluding hydrogens is 387 g/mol. The number of carbonyl (C=O) groups excluding carboxylic acids is 1. The van der Waals surface area contributed by atoms with Crippen molar-refractivity contribution in [1.82, 2.24) is 15.0 Å². The first-order valence-corrected chi connectivity index (χ1v) is 8.96. The molecule has 2 aromatic carbocycles. The van der Waals surface area contributed by atoms with E-state index in [0.717, 1.165) is 6.42 Å². The van der Waals surface area contributed by atoms with Crippen LogP contribution in [0.2, 0.25) is 0 Å². The summed E-state index contributed by atoms with van der Waals surface area (Å²) in [4.78, 5) is 18.2. The van der Waals surface area contributed by atoms with Gasteiger partial charge in [0, 0.05) is 18.5 Å². The molecule has 1 amide bonds. The minimum Gasteiger partial charge on any atom is -0.503 e. The fraction of sp³-hybridized carbons (Fsp3) is 0.250.